The molecule has 0 aliphatic carbocycles. The molecular weight excluding hydrogens is 390 g/mol. The van der Waals surface area contributed by atoms with Gasteiger partial charge < -0.3 is 14.2 Å². The number of hydrogen-bond donors (Lipinski definition) is 0. The van der Waals surface area contributed by atoms with Crippen molar-refractivity contribution in [1.29, 1.82) is 0 Å². The van der Waals surface area contributed by atoms with Crippen molar-refractivity contribution in [1.82, 2.24) is 14.4 Å². The molecule has 29 heavy (non-hydrogen) atoms. The van der Waals surface area contributed by atoms with E-state index in [9.17, 15) is 14.4 Å². The molecule has 0 spiro atoms. The number of rotatable bonds is 4. The first-order chi connectivity index (χ1) is 14.1. The van der Waals surface area contributed by atoms with Crippen molar-refractivity contribution in [3.63, 3.8) is 0 Å². The predicted molar refractivity (Wildman–Crippen MR) is 111 cm³/mol. The van der Waals surface area contributed by atoms with E-state index < -0.39 is 11.1 Å². The minimum Gasteiger partial charge on any atom is -0.378 e. The van der Waals surface area contributed by atoms with Crippen LogP contribution < -0.4 is 0 Å². The van der Waals surface area contributed by atoms with Crippen molar-refractivity contribution < 1.29 is 19.1 Å². The Morgan fingerprint density at radius 1 is 1.24 bits per heavy atom. The molecule has 2 fully saturated rings. The molecule has 0 unspecified atom stereocenters. The summed E-state index contributed by atoms with van der Waals surface area (Å²) in [6.45, 7) is 2.04. The molecule has 2 saturated heterocycles. The van der Waals surface area contributed by atoms with Crippen LogP contribution in [0, 0.1) is 12.3 Å². The number of carbonyl (C=O) groups excluding carboxylic acids is 3. The fourth-order valence-electron chi connectivity index (χ4n) is 3.44. The first-order valence-electron chi connectivity index (χ1n) is 9.20. The monoisotopic (exact) mass is 409 g/mol. The quantitative estimate of drug-likeness (QED) is 0.572. The Balaban J connectivity index is 1.57. The third kappa shape index (κ3) is 3.79. The molecule has 3 heterocycles. The minimum atomic E-state index is -0.449. The van der Waals surface area contributed by atoms with Crippen LogP contribution in [0.2, 0.25) is 0 Å². The van der Waals surface area contributed by atoms with Crippen molar-refractivity contribution in [3.8, 4) is 12.3 Å². The lowest BCUT2D eigenvalue weighted by Crippen LogP contribution is -2.46. The van der Waals surface area contributed by atoms with E-state index in [4.69, 9.17) is 11.2 Å². The summed E-state index contributed by atoms with van der Waals surface area (Å²) in [7, 11) is 0. The molecule has 1 aromatic heterocycles. The van der Waals surface area contributed by atoms with Gasteiger partial charge in [0.25, 0.3) is 11.1 Å². The van der Waals surface area contributed by atoms with Crippen LogP contribution in [0.15, 0.2) is 35.4 Å². The molecule has 0 atom stereocenters. The zero-order valence-electron chi connectivity index (χ0n) is 15.7. The molecule has 4 rings (SSSR count). The molecule has 3 amide bonds. The van der Waals surface area contributed by atoms with Gasteiger partial charge in [0, 0.05) is 35.8 Å². The summed E-state index contributed by atoms with van der Waals surface area (Å²) in [4.78, 5) is 40.5. The van der Waals surface area contributed by atoms with E-state index in [0.29, 0.717) is 37.8 Å². The molecule has 2 aromatic rings. The fraction of sp³-hybridized carbons (Fsp3) is 0.286. The van der Waals surface area contributed by atoms with Crippen LogP contribution in [0.25, 0.3) is 17.0 Å². The molecule has 0 radical (unpaired) electrons. The zero-order chi connectivity index (χ0) is 20.4. The van der Waals surface area contributed by atoms with E-state index in [1.54, 1.807) is 11.0 Å². The molecule has 148 valence electrons. The number of hydrogen-bond acceptors (Lipinski definition) is 5. The fourth-order valence-corrected chi connectivity index (χ4v) is 4.27. The van der Waals surface area contributed by atoms with Crippen molar-refractivity contribution >= 4 is 45.8 Å². The number of imide groups is 1. The molecule has 0 N–H and O–H groups in total. The first-order valence-corrected chi connectivity index (χ1v) is 10.0. The third-order valence-electron chi connectivity index (χ3n) is 4.90. The summed E-state index contributed by atoms with van der Waals surface area (Å²) in [6.07, 6.45) is 9.02. The maximum absolute atomic E-state index is 12.8. The topological polar surface area (TPSA) is 71.8 Å². The van der Waals surface area contributed by atoms with Crippen molar-refractivity contribution in [2.24, 2.45) is 0 Å². The smallest absolute Gasteiger partial charge is 0.294 e. The lowest BCUT2D eigenvalue weighted by molar-refractivity contribution is -0.139. The molecule has 1 aromatic carbocycles. The second kappa shape index (κ2) is 8.15. The highest BCUT2D eigenvalue weighted by molar-refractivity contribution is 8.18. The van der Waals surface area contributed by atoms with E-state index in [2.05, 4.69) is 5.92 Å². The molecule has 8 heteroatoms. The first kappa shape index (κ1) is 19.3. The standard InChI is InChI=1S/C21H19N3O4S/c1-2-7-23-13-15(16-5-3-4-6-17(16)23)12-18-20(26)24(21(27)29-18)14-19(25)22-8-10-28-11-9-22/h1,3-6,12-13H,7-11,14H2. The van der Waals surface area contributed by atoms with Gasteiger partial charge in [-0.1, -0.05) is 24.1 Å². The number of fused-ring (bicyclic) bond motifs is 1. The van der Waals surface area contributed by atoms with E-state index in [1.165, 1.54) is 0 Å². The minimum absolute atomic E-state index is 0.248. The second-order valence-corrected chi connectivity index (χ2v) is 7.69. The summed E-state index contributed by atoms with van der Waals surface area (Å²) in [5, 5.41) is 0.508. The number of amides is 3. The molecular formula is C21H19N3O4S. The number of terminal acetylenes is 1. The number of thioether (sulfide) groups is 1. The molecule has 0 bridgehead atoms. The Morgan fingerprint density at radius 2 is 2.00 bits per heavy atom. The summed E-state index contributed by atoms with van der Waals surface area (Å²) in [6, 6.07) is 7.73. The van der Waals surface area contributed by atoms with E-state index >= 15 is 0 Å². The van der Waals surface area contributed by atoms with Gasteiger partial charge in [0.15, 0.2) is 0 Å². The van der Waals surface area contributed by atoms with Crippen molar-refractivity contribution in [2.45, 2.75) is 6.54 Å². The Labute approximate surface area is 172 Å². The van der Waals surface area contributed by atoms with E-state index in [0.717, 1.165) is 33.1 Å². The zero-order valence-corrected chi connectivity index (χ0v) is 16.5. The highest BCUT2D eigenvalue weighted by atomic mass is 32.2. The van der Waals surface area contributed by atoms with Crippen LogP contribution in [-0.4, -0.2) is 64.3 Å². The van der Waals surface area contributed by atoms with Crippen LogP contribution in [0.1, 0.15) is 5.56 Å². The SMILES string of the molecule is C#CCn1cc(C=C2SC(=O)N(CC(=O)N3CCOCC3)C2=O)c2ccccc21. The van der Waals surface area contributed by atoms with Crippen LogP contribution >= 0.6 is 11.8 Å². The van der Waals surface area contributed by atoms with Crippen LogP contribution in [0.4, 0.5) is 4.79 Å². The van der Waals surface area contributed by atoms with Crippen molar-refractivity contribution in [2.75, 3.05) is 32.8 Å². The van der Waals surface area contributed by atoms with Crippen LogP contribution in [0.5, 0.6) is 0 Å². The number of para-hydroxylation sites is 1. The van der Waals surface area contributed by atoms with Gasteiger partial charge in [-0.15, -0.1) is 6.42 Å². The highest BCUT2D eigenvalue weighted by Gasteiger charge is 2.37. The number of morpholine rings is 1. The second-order valence-electron chi connectivity index (χ2n) is 6.69. The predicted octanol–water partition coefficient (Wildman–Crippen LogP) is 2.17. The van der Waals surface area contributed by atoms with Gasteiger partial charge in [-0.2, -0.15) is 0 Å². The van der Waals surface area contributed by atoms with Gasteiger partial charge in [0.05, 0.1) is 24.7 Å². The number of carbonyl (C=O) groups is 3. The van der Waals surface area contributed by atoms with E-state index in [1.807, 2.05) is 35.0 Å². The number of nitrogens with zero attached hydrogens (tertiary/aromatic N) is 3. The Bertz CT molecular complexity index is 1060. The van der Waals surface area contributed by atoms with Gasteiger partial charge in [-0.25, -0.2) is 0 Å². The molecule has 2 aliphatic heterocycles. The molecule has 7 nitrogen and oxygen atoms in total. The summed E-state index contributed by atoms with van der Waals surface area (Å²) in [5.74, 6) is 1.92. The van der Waals surface area contributed by atoms with Gasteiger partial charge in [0.2, 0.25) is 5.91 Å². The average molecular weight is 409 g/mol. The number of ether oxygens (including phenoxy) is 1. The van der Waals surface area contributed by atoms with Gasteiger partial charge >= 0.3 is 0 Å². The normalized spacial score (nSPS) is 18.7. The van der Waals surface area contributed by atoms with E-state index in [-0.39, 0.29) is 12.5 Å². The van der Waals surface area contributed by atoms with Crippen LogP contribution in [0.3, 0.4) is 0 Å². The summed E-state index contributed by atoms with van der Waals surface area (Å²) >= 11 is 0.850. The number of benzene rings is 1. The number of aromatic nitrogens is 1. The maximum Gasteiger partial charge on any atom is 0.294 e. The maximum atomic E-state index is 12.8. The van der Waals surface area contributed by atoms with Gasteiger partial charge in [-0.3, -0.25) is 19.3 Å². The Morgan fingerprint density at radius 3 is 2.76 bits per heavy atom. The van der Waals surface area contributed by atoms with Gasteiger partial charge in [0.1, 0.15) is 6.54 Å². The Hall–Kier alpha value is -3.02. The third-order valence-corrected chi connectivity index (χ3v) is 5.81. The van der Waals surface area contributed by atoms with Gasteiger partial charge in [-0.05, 0) is 23.9 Å². The average Bonchev–Trinajstić information content (AvgIpc) is 3.21. The summed E-state index contributed by atoms with van der Waals surface area (Å²) in [5.41, 5.74) is 1.76. The molecule has 0 saturated carbocycles. The Kier molecular flexibility index (Phi) is 5.43. The largest absolute Gasteiger partial charge is 0.378 e. The van der Waals surface area contributed by atoms with Crippen molar-refractivity contribution in [3.05, 3.63) is 40.9 Å². The lowest BCUT2D eigenvalue weighted by Gasteiger charge is -2.28. The van der Waals surface area contributed by atoms with Crippen LogP contribution in [-0.2, 0) is 20.9 Å². The highest BCUT2D eigenvalue weighted by Crippen LogP contribution is 2.34. The molecule has 2 aliphatic rings. The summed E-state index contributed by atoms with van der Waals surface area (Å²) < 4.78 is 7.16. The lowest BCUT2D eigenvalue weighted by atomic mass is 10.1.